The summed E-state index contributed by atoms with van der Waals surface area (Å²) in [4.78, 5) is 13.3. The van der Waals surface area contributed by atoms with Gasteiger partial charge in [-0.25, -0.2) is 9.97 Å². The highest BCUT2D eigenvalue weighted by Gasteiger charge is 2.30. The Hall–Kier alpha value is -2.87. The fourth-order valence-corrected chi connectivity index (χ4v) is 3.61. The van der Waals surface area contributed by atoms with Gasteiger partial charge >= 0.3 is 6.18 Å². The van der Waals surface area contributed by atoms with Crippen molar-refractivity contribution < 1.29 is 17.6 Å². The monoisotopic (exact) mass is 401 g/mol. The van der Waals surface area contributed by atoms with E-state index in [0.29, 0.717) is 22.0 Å². The Kier molecular flexibility index (Phi) is 4.58. The number of hydrogen-bond donors (Lipinski definition) is 0. The SMILES string of the molecule is Cc1cc(C)cc(-c2nc3cnc(Sc4cccc(C(F)(F)F)c4)nc3o2)c1. The molecule has 0 amide bonds. The first-order valence-corrected chi connectivity index (χ1v) is 9.17. The molecule has 0 aliphatic carbocycles. The van der Waals surface area contributed by atoms with E-state index in [1.165, 1.54) is 12.3 Å². The van der Waals surface area contributed by atoms with Crippen molar-refractivity contribution in [1.29, 1.82) is 0 Å². The summed E-state index contributed by atoms with van der Waals surface area (Å²) in [6.45, 7) is 3.98. The lowest BCUT2D eigenvalue weighted by Crippen LogP contribution is -2.04. The van der Waals surface area contributed by atoms with Crippen LogP contribution in [0.3, 0.4) is 0 Å². The molecule has 0 aliphatic heterocycles. The maximum Gasteiger partial charge on any atom is 0.416 e. The number of fused-ring (bicyclic) bond motifs is 1. The summed E-state index contributed by atoms with van der Waals surface area (Å²) >= 11 is 1.03. The van der Waals surface area contributed by atoms with Crippen LogP contribution in [0.1, 0.15) is 16.7 Å². The minimum absolute atomic E-state index is 0.287. The highest BCUT2D eigenvalue weighted by Crippen LogP contribution is 2.34. The lowest BCUT2D eigenvalue weighted by molar-refractivity contribution is -0.137. The van der Waals surface area contributed by atoms with Gasteiger partial charge in [-0.3, -0.25) is 0 Å². The van der Waals surface area contributed by atoms with Crippen LogP contribution in [0.5, 0.6) is 0 Å². The van der Waals surface area contributed by atoms with E-state index in [-0.39, 0.29) is 5.16 Å². The smallest absolute Gasteiger partial charge is 0.416 e. The number of rotatable bonds is 3. The summed E-state index contributed by atoms with van der Waals surface area (Å²) in [7, 11) is 0. The van der Waals surface area contributed by atoms with Gasteiger partial charge in [0.1, 0.15) is 5.52 Å². The van der Waals surface area contributed by atoms with Gasteiger partial charge in [-0.2, -0.15) is 18.2 Å². The van der Waals surface area contributed by atoms with Crippen LogP contribution in [0.15, 0.2) is 63.1 Å². The second-order valence-electron chi connectivity index (χ2n) is 6.37. The second-order valence-corrected chi connectivity index (χ2v) is 7.41. The first-order chi connectivity index (χ1) is 13.3. The second kappa shape index (κ2) is 6.94. The number of aryl methyl sites for hydroxylation is 2. The van der Waals surface area contributed by atoms with Crippen molar-refractivity contribution in [2.45, 2.75) is 30.1 Å². The lowest BCUT2D eigenvalue weighted by Gasteiger charge is -2.07. The third-order valence-electron chi connectivity index (χ3n) is 3.97. The van der Waals surface area contributed by atoms with Gasteiger partial charge < -0.3 is 4.42 Å². The predicted octanol–water partition coefficient (Wildman–Crippen LogP) is 6.07. The quantitative estimate of drug-likeness (QED) is 0.390. The molecule has 0 saturated heterocycles. The molecule has 0 radical (unpaired) electrons. The van der Waals surface area contributed by atoms with Gasteiger partial charge in [0.25, 0.3) is 5.71 Å². The van der Waals surface area contributed by atoms with Crippen molar-refractivity contribution in [3.8, 4) is 11.5 Å². The van der Waals surface area contributed by atoms with Crippen molar-refractivity contribution >= 4 is 23.0 Å². The van der Waals surface area contributed by atoms with Crippen LogP contribution in [0.4, 0.5) is 13.2 Å². The summed E-state index contributed by atoms with van der Waals surface area (Å²) in [5, 5.41) is 0.287. The average molecular weight is 401 g/mol. The number of nitrogens with zero attached hydrogens (tertiary/aromatic N) is 3. The Labute approximate surface area is 162 Å². The molecule has 4 nitrogen and oxygen atoms in total. The summed E-state index contributed by atoms with van der Waals surface area (Å²) in [6.07, 6.45) is -2.89. The first kappa shape index (κ1) is 18.5. The lowest BCUT2D eigenvalue weighted by atomic mass is 10.1. The zero-order valence-corrected chi connectivity index (χ0v) is 15.7. The maximum absolute atomic E-state index is 12.9. The minimum atomic E-state index is -4.40. The Morgan fingerprint density at radius 1 is 0.964 bits per heavy atom. The molecule has 0 N–H and O–H groups in total. The van der Waals surface area contributed by atoms with Gasteiger partial charge in [0.2, 0.25) is 5.89 Å². The predicted molar refractivity (Wildman–Crippen MR) is 100 cm³/mol. The number of halogens is 3. The zero-order valence-electron chi connectivity index (χ0n) is 14.9. The molecular weight excluding hydrogens is 387 g/mol. The number of aromatic nitrogens is 3. The van der Waals surface area contributed by atoms with Crippen LogP contribution in [-0.4, -0.2) is 15.0 Å². The standard InChI is InChI=1S/C20H14F3N3OS/c1-11-6-12(2)8-13(7-11)17-25-16-10-24-19(26-18(16)27-17)28-15-5-3-4-14(9-15)20(21,22)23/h3-10H,1-2H3. The van der Waals surface area contributed by atoms with Gasteiger partial charge in [0.05, 0.1) is 11.8 Å². The average Bonchev–Trinajstić information content (AvgIpc) is 3.04. The number of alkyl halides is 3. The van der Waals surface area contributed by atoms with Crippen molar-refractivity contribution in [3.63, 3.8) is 0 Å². The van der Waals surface area contributed by atoms with Crippen LogP contribution < -0.4 is 0 Å². The molecule has 4 aromatic rings. The van der Waals surface area contributed by atoms with Crippen molar-refractivity contribution in [2.24, 2.45) is 0 Å². The molecule has 0 unspecified atom stereocenters. The third-order valence-corrected chi connectivity index (χ3v) is 4.84. The topological polar surface area (TPSA) is 51.8 Å². The molecule has 4 rings (SSSR count). The Morgan fingerprint density at radius 2 is 1.71 bits per heavy atom. The first-order valence-electron chi connectivity index (χ1n) is 8.35. The van der Waals surface area contributed by atoms with Crippen LogP contribution in [0.2, 0.25) is 0 Å². The Morgan fingerprint density at radius 3 is 2.43 bits per heavy atom. The van der Waals surface area contributed by atoms with E-state index in [9.17, 15) is 13.2 Å². The third kappa shape index (κ3) is 3.87. The van der Waals surface area contributed by atoms with Gasteiger partial charge in [-0.15, -0.1) is 0 Å². The molecule has 0 bridgehead atoms. The van der Waals surface area contributed by atoms with Crippen LogP contribution in [0.25, 0.3) is 22.7 Å². The van der Waals surface area contributed by atoms with E-state index in [4.69, 9.17) is 4.42 Å². The molecule has 2 aromatic carbocycles. The van der Waals surface area contributed by atoms with E-state index >= 15 is 0 Å². The van der Waals surface area contributed by atoms with Gasteiger partial charge in [-0.05, 0) is 55.9 Å². The summed E-state index contributed by atoms with van der Waals surface area (Å²) < 4.78 is 44.4. The van der Waals surface area contributed by atoms with Gasteiger partial charge in [-0.1, -0.05) is 23.3 Å². The Bertz CT molecular complexity index is 1150. The highest BCUT2D eigenvalue weighted by atomic mass is 32.2. The highest BCUT2D eigenvalue weighted by molar-refractivity contribution is 7.99. The van der Waals surface area contributed by atoms with Crippen LogP contribution >= 0.6 is 11.8 Å². The summed E-state index contributed by atoms with van der Waals surface area (Å²) in [6, 6.07) is 11.0. The molecule has 8 heteroatoms. The van der Waals surface area contributed by atoms with E-state index < -0.39 is 11.7 Å². The molecule has 28 heavy (non-hydrogen) atoms. The molecule has 0 atom stereocenters. The fraction of sp³-hybridized carbons (Fsp3) is 0.150. The van der Waals surface area contributed by atoms with Crippen molar-refractivity contribution in [2.75, 3.05) is 0 Å². The number of hydrogen-bond acceptors (Lipinski definition) is 5. The van der Waals surface area contributed by atoms with E-state index in [1.54, 1.807) is 6.07 Å². The molecule has 2 heterocycles. The maximum atomic E-state index is 12.9. The molecule has 142 valence electrons. The molecule has 0 saturated carbocycles. The summed E-state index contributed by atoms with van der Waals surface area (Å²) in [5.74, 6) is 0.428. The fourth-order valence-electron chi connectivity index (χ4n) is 2.83. The zero-order chi connectivity index (χ0) is 19.9. The van der Waals surface area contributed by atoms with Crippen LogP contribution in [-0.2, 0) is 6.18 Å². The van der Waals surface area contributed by atoms with E-state index in [1.807, 2.05) is 26.0 Å². The van der Waals surface area contributed by atoms with Gasteiger partial charge in [0.15, 0.2) is 5.16 Å². The normalized spacial score (nSPS) is 11.9. The largest absolute Gasteiger partial charge is 0.418 e. The molecule has 2 aromatic heterocycles. The minimum Gasteiger partial charge on any atom is -0.418 e. The van der Waals surface area contributed by atoms with E-state index in [2.05, 4.69) is 21.0 Å². The van der Waals surface area contributed by atoms with Crippen molar-refractivity contribution in [3.05, 3.63) is 65.4 Å². The number of oxazole rings is 1. The molecule has 0 fully saturated rings. The summed E-state index contributed by atoms with van der Waals surface area (Å²) in [5.41, 5.74) is 3.08. The van der Waals surface area contributed by atoms with Crippen molar-refractivity contribution in [1.82, 2.24) is 15.0 Å². The van der Waals surface area contributed by atoms with Gasteiger partial charge in [0, 0.05) is 10.5 Å². The molecule has 0 aliphatic rings. The van der Waals surface area contributed by atoms with E-state index in [0.717, 1.165) is 40.6 Å². The van der Waals surface area contributed by atoms with Crippen LogP contribution in [0, 0.1) is 13.8 Å². The molecular formula is C20H14F3N3OS. The Balaban J connectivity index is 1.65. The molecule has 0 spiro atoms. The number of benzene rings is 2.